The van der Waals surface area contributed by atoms with Crippen molar-refractivity contribution in [1.82, 2.24) is 9.97 Å². The predicted molar refractivity (Wildman–Crippen MR) is 85.2 cm³/mol. The number of nitrogen functional groups attached to an aromatic ring is 1. The first kappa shape index (κ1) is 15.1. The van der Waals surface area contributed by atoms with Crippen molar-refractivity contribution in [2.45, 2.75) is 71.8 Å². The van der Waals surface area contributed by atoms with Gasteiger partial charge in [0.25, 0.3) is 0 Å². The smallest absolute Gasteiger partial charge is 0.138 e. The van der Waals surface area contributed by atoms with Gasteiger partial charge >= 0.3 is 0 Å². The van der Waals surface area contributed by atoms with E-state index in [9.17, 15) is 0 Å². The monoisotopic (exact) mass is 276 g/mol. The van der Waals surface area contributed by atoms with Crippen LogP contribution in [-0.4, -0.2) is 22.6 Å². The first-order chi connectivity index (χ1) is 9.30. The van der Waals surface area contributed by atoms with Crippen LogP contribution in [0.5, 0.6) is 0 Å². The lowest BCUT2D eigenvalue weighted by Crippen LogP contribution is -2.35. The molecule has 4 heteroatoms. The van der Waals surface area contributed by atoms with Crippen LogP contribution in [0.25, 0.3) is 0 Å². The van der Waals surface area contributed by atoms with E-state index < -0.39 is 0 Å². The molecule has 1 atom stereocenters. The molecule has 2 rings (SSSR count). The topological polar surface area (TPSA) is 55.0 Å². The second-order valence-corrected chi connectivity index (χ2v) is 7.02. The minimum Gasteiger partial charge on any atom is -0.383 e. The van der Waals surface area contributed by atoms with Gasteiger partial charge in [-0.05, 0) is 26.7 Å². The molecule has 0 aromatic carbocycles. The van der Waals surface area contributed by atoms with Crippen LogP contribution in [0, 0.1) is 6.92 Å². The van der Waals surface area contributed by atoms with Crippen molar-refractivity contribution in [3.05, 3.63) is 11.4 Å². The normalized spacial score (nSPS) is 20.9. The van der Waals surface area contributed by atoms with Crippen LogP contribution in [0.2, 0.25) is 0 Å². The fraction of sp³-hybridized carbons (Fsp3) is 0.750. The maximum Gasteiger partial charge on any atom is 0.138 e. The first-order valence-corrected chi connectivity index (χ1v) is 7.72. The quantitative estimate of drug-likeness (QED) is 0.853. The second-order valence-electron chi connectivity index (χ2n) is 7.02. The molecule has 2 heterocycles. The van der Waals surface area contributed by atoms with E-state index in [1.165, 1.54) is 25.7 Å². The Kier molecular flexibility index (Phi) is 4.21. The molecule has 0 spiro atoms. The van der Waals surface area contributed by atoms with Gasteiger partial charge in [-0.2, -0.15) is 0 Å². The summed E-state index contributed by atoms with van der Waals surface area (Å²) in [5.41, 5.74) is 7.07. The highest BCUT2D eigenvalue weighted by atomic mass is 15.2. The Hall–Kier alpha value is -1.32. The lowest BCUT2D eigenvalue weighted by Gasteiger charge is -2.31. The Morgan fingerprint density at radius 3 is 2.50 bits per heavy atom. The molecule has 20 heavy (non-hydrogen) atoms. The zero-order valence-electron chi connectivity index (χ0n) is 13.5. The highest BCUT2D eigenvalue weighted by Crippen LogP contribution is 2.30. The minimum absolute atomic E-state index is 0.0777. The lowest BCUT2D eigenvalue weighted by atomic mass is 9.95. The van der Waals surface area contributed by atoms with Gasteiger partial charge < -0.3 is 10.6 Å². The lowest BCUT2D eigenvalue weighted by molar-refractivity contribution is 0.540. The molecule has 1 unspecified atom stereocenters. The van der Waals surface area contributed by atoms with Crippen molar-refractivity contribution in [3.63, 3.8) is 0 Å². The summed E-state index contributed by atoms with van der Waals surface area (Å²) >= 11 is 0. The van der Waals surface area contributed by atoms with Crippen molar-refractivity contribution >= 4 is 11.6 Å². The Bertz CT molecular complexity index is 476. The summed E-state index contributed by atoms with van der Waals surface area (Å²) in [5, 5.41) is 0. The van der Waals surface area contributed by atoms with E-state index >= 15 is 0 Å². The van der Waals surface area contributed by atoms with Crippen LogP contribution >= 0.6 is 0 Å². The molecule has 1 aliphatic rings. The van der Waals surface area contributed by atoms with E-state index in [0.717, 1.165) is 23.8 Å². The van der Waals surface area contributed by atoms with Crippen LogP contribution in [-0.2, 0) is 5.41 Å². The summed E-state index contributed by atoms with van der Waals surface area (Å²) in [7, 11) is 0. The number of hydrogen-bond acceptors (Lipinski definition) is 4. The molecule has 1 aromatic rings. The van der Waals surface area contributed by atoms with Crippen LogP contribution in [0.15, 0.2) is 0 Å². The van der Waals surface area contributed by atoms with Gasteiger partial charge in [-0.3, -0.25) is 0 Å². The van der Waals surface area contributed by atoms with Crippen LogP contribution in [0.3, 0.4) is 0 Å². The number of nitrogens with two attached hydrogens (primary N) is 1. The largest absolute Gasteiger partial charge is 0.383 e. The van der Waals surface area contributed by atoms with Gasteiger partial charge in [0.15, 0.2) is 0 Å². The van der Waals surface area contributed by atoms with Gasteiger partial charge in [0.1, 0.15) is 17.5 Å². The van der Waals surface area contributed by atoms with Crippen LogP contribution in [0.4, 0.5) is 11.6 Å². The van der Waals surface area contributed by atoms with Gasteiger partial charge in [-0.15, -0.1) is 0 Å². The van der Waals surface area contributed by atoms with Crippen LogP contribution < -0.4 is 10.6 Å². The number of rotatable bonds is 1. The third-order valence-electron chi connectivity index (χ3n) is 4.15. The Labute approximate surface area is 122 Å². The molecule has 112 valence electrons. The second kappa shape index (κ2) is 5.58. The molecule has 1 fully saturated rings. The van der Waals surface area contributed by atoms with Crippen LogP contribution in [0.1, 0.15) is 64.8 Å². The van der Waals surface area contributed by atoms with Gasteiger partial charge in [-0.1, -0.05) is 33.6 Å². The molecule has 0 saturated carbocycles. The standard InChI is InChI=1S/C16H28N4/c1-11-9-7-6-8-10-20(11)14-12(2)13(17)18-15(19-14)16(3,4)5/h11H,6-10H2,1-5H3,(H2,17,18,19). The molecular formula is C16H28N4. The Balaban J connectivity index is 2.46. The highest BCUT2D eigenvalue weighted by Gasteiger charge is 2.25. The summed E-state index contributed by atoms with van der Waals surface area (Å²) < 4.78 is 0. The predicted octanol–water partition coefficient (Wildman–Crippen LogP) is 3.43. The molecule has 4 nitrogen and oxygen atoms in total. The summed E-state index contributed by atoms with van der Waals surface area (Å²) in [6, 6.07) is 0.526. The number of hydrogen-bond donors (Lipinski definition) is 1. The fourth-order valence-corrected chi connectivity index (χ4v) is 2.73. The Morgan fingerprint density at radius 1 is 1.15 bits per heavy atom. The van der Waals surface area contributed by atoms with E-state index in [2.05, 4.69) is 37.6 Å². The highest BCUT2D eigenvalue weighted by molar-refractivity contribution is 5.57. The van der Waals surface area contributed by atoms with Crippen molar-refractivity contribution in [1.29, 1.82) is 0 Å². The maximum atomic E-state index is 6.13. The van der Waals surface area contributed by atoms with Crippen molar-refractivity contribution in [2.75, 3.05) is 17.2 Å². The molecular weight excluding hydrogens is 248 g/mol. The van der Waals surface area contributed by atoms with Crippen molar-refractivity contribution < 1.29 is 0 Å². The molecule has 0 radical (unpaired) electrons. The third-order valence-corrected chi connectivity index (χ3v) is 4.15. The summed E-state index contributed by atoms with van der Waals surface area (Å²) in [6.07, 6.45) is 5.09. The summed E-state index contributed by atoms with van der Waals surface area (Å²) in [6.45, 7) is 11.8. The average molecular weight is 276 g/mol. The number of nitrogens with zero attached hydrogens (tertiary/aromatic N) is 3. The molecule has 1 saturated heterocycles. The summed E-state index contributed by atoms with van der Waals surface area (Å²) in [5.74, 6) is 2.50. The van der Waals surface area contributed by atoms with E-state index in [-0.39, 0.29) is 5.41 Å². The third kappa shape index (κ3) is 3.05. The number of aromatic nitrogens is 2. The minimum atomic E-state index is -0.0777. The molecule has 2 N–H and O–H groups in total. The van der Waals surface area contributed by atoms with Gasteiger partial charge in [0.05, 0.1) is 0 Å². The van der Waals surface area contributed by atoms with Crippen molar-refractivity contribution in [2.24, 2.45) is 0 Å². The molecule has 1 aliphatic heterocycles. The molecule has 0 aliphatic carbocycles. The molecule has 0 bridgehead atoms. The average Bonchev–Trinajstić information content (AvgIpc) is 2.56. The zero-order valence-corrected chi connectivity index (χ0v) is 13.5. The Morgan fingerprint density at radius 2 is 1.85 bits per heavy atom. The SMILES string of the molecule is Cc1c(N)nc(C(C)(C)C)nc1N1CCCCCC1C. The summed E-state index contributed by atoms with van der Waals surface area (Å²) in [4.78, 5) is 11.8. The van der Waals surface area contributed by atoms with E-state index in [1.54, 1.807) is 0 Å². The van der Waals surface area contributed by atoms with Gasteiger partial charge in [0.2, 0.25) is 0 Å². The molecule has 0 amide bonds. The molecule has 1 aromatic heterocycles. The van der Waals surface area contributed by atoms with E-state index in [1.807, 2.05) is 6.92 Å². The van der Waals surface area contributed by atoms with Gasteiger partial charge in [-0.25, -0.2) is 9.97 Å². The number of anilines is 2. The van der Waals surface area contributed by atoms with Gasteiger partial charge in [0, 0.05) is 23.6 Å². The maximum absolute atomic E-state index is 6.13. The van der Waals surface area contributed by atoms with E-state index in [0.29, 0.717) is 11.9 Å². The zero-order chi connectivity index (χ0) is 14.9. The fourth-order valence-electron chi connectivity index (χ4n) is 2.73. The first-order valence-electron chi connectivity index (χ1n) is 7.72. The van der Waals surface area contributed by atoms with E-state index in [4.69, 9.17) is 10.7 Å². The van der Waals surface area contributed by atoms with Crippen molar-refractivity contribution in [3.8, 4) is 0 Å².